The van der Waals surface area contributed by atoms with Crippen LogP contribution in [0.15, 0.2) is 36.5 Å². The molecule has 0 amide bonds. The number of aliphatic hydroxyl groups is 3. The Balaban J connectivity index is 3.88. The zero-order chi connectivity index (χ0) is 32.5. The highest BCUT2D eigenvalue weighted by atomic mass is 16.6. The molecule has 0 aliphatic heterocycles. The predicted molar refractivity (Wildman–Crippen MR) is 180 cm³/mol. The fourth-order valence-electron chi connectivity index (χ4n) is 4.77. The van der Waals surface area contributed by atoms with Gasteiger partial charge in [-0.15, -0.1) is 0 Å². The molecule has 0 aliphatic rings. The van der Waals surface area contributed by atoms with E-state index in [9.17, 15) is 24.9 Å². The Morgan fingerprint density at radius 1 is 0.614 bits per heavy atom. The van der Waals surface area contributed by atoms with Crippen molar-refractivity contribution in [1.29, 1.82) is 0 Å². The first-order chi connectivity index (χ1) is 21.4. The van der Waals surface area contributed by atoms with Gasteiger partial charge < -0.3 is 24.8 Å². The molecule has 0 radical (unpaired) electrons. The van der Waals surface area contributed by atoms with Crippen LogP contribution in [0, 0.1) is 0 Å². The van der Waals surface area contributed by atoms with Gasteiger partial charge in [0, 0.05) is 12.8 Å². The van der Waals surface area contributed by atoms with Gasteiger partial charge >= 0.3 is 11.9 Å². The standard InChI is InChI=1S/C37H66O7/c1-3-5-7-9-11-13-15-17-18-20-22-24-27-34(39)35(40)28-26-30-37(42)44-33(31-38)32-43-36(41)29-25-23-21-19-16-14-12-10-8-6-4-2/h11,13,17-18,22,24,33-35,38-40H,3-10,12,14-16,19-21,23,25-32H2,1-2H3/b13-11-,18-17-,24-22-/t33-,34?,35?/m0/s1. The lowest BCUT2D eigenvalue weighted by Gasteiger charge is -2.17. The van der Waals surface area contributed by atoms with E-state index in [1.807, 2.05) is 12.2 Å². The predicted octanol–water partition coefficient (Wildman–Crippen LogP) is 8.45. The summed E-state index contributed by atoms with van der Waals surface area (Å²) in [7, 11) is 0. The van der Waals surface area contributed by atoms with Crippen molar-refractivity contribution in [2.45, 2.75) is 173 Å². The summed E-state index contributed by atoms with van der Waals surface area (Å²) in [5, 5.41) is 29.9. The quantitative estimate of drug-likeness (QED) is 0.0404. The number of ether oxygens (including phenoxy) is 2. The number of unbranched alkanes of at least 4 members (excludes halogenated alkanes) is 13. The summed E-state index contributed by atoms with van der Waals surface area (Å²) in [6.45, 7) is 3.84. The smallest absolute Gasteiger partial charge is 0.306 e. The molecule has 0 spiro atoms. The van der Waals surface area contributed by atoms with Crippen molar-refractivity contribution in [2.24, 2.45) is 0 Å². The summed E-state index contributed by atoms with van der Waals surface area (Å²) in [6, 6.07) is 0. The molecule has 0 saturated heterocycles. The van der Waals surface area contributed by atoms with Gasteiger partial charge in [0.15, 0.2) is 6.10 Å². The number of carbonyl (C=O) groups excluding carboxylic acids is 2. The van der Waals surface area contributed by atoms with Crippen molar-refractivity contribution in [2.75, 3.05) is 13.2 Å². The first-order valence-corrected chi connectivity index (χ1v) is 17.7. The number of aliphatic hydroxyl groups excluding tert-OH is 3. The van der Waals surface area contributed by atoms with Crippen LogP contribution in [-0.4, -0.2) is 58.8 Å². The van der Waals surface area contributed by atoms with Crippen LogP contribution < -0.4 is 0 Å². The molecule has 44 heavy (non-hydrogen) atoms. The van der Waals surface area contributed by atoms with Crippen LogP contribution in [0.5, 0.6) is 0 Å². The van der Waals surface area contributed by atoms with E-state index in [0.717, 1.165) is 38.5 Å². The number of hydrogen-bond donors (Lipinski definition) is 3. The Morgan fingerprint density at radius 2 is 1.14 bits per heavy atom. The van der Waals surface area contributed by atoms with Crippen LogP contribution in [0.2, 0.25) is 0 Å². The van der Waals surface area contributed by atoms with E-state index in [1.54, 1.807) is 0 Å². The summed E-state index contributed by atoms with van der Waals surface area (Å²) in [5.74, 6) is -0.877. The minimum Gasteiger partial charge on any atom is -0.462 e. The number of carbonyl (C=O) groups is 2. The van der Waals surface area contributed by atoms with Gasteiger partial charge in [0.2, 0.25) is 0 Å². The molecule has 0 saturated carbocycles. The molecule has 0 heterocycles. The first-order valence-electron chi connectivity index (χ1n) is 17.7. The highest BCUT2D eigenvalue weighted by Crippen LogP contribution is 2.13. The highest BCUT2D eigenvalue weighted by molar-refractivity contribution is 5.70. The van der Waals surface area contributed by atoms with Crippen LogP contribution >= 0.6 is 0 Å². The Kier molecular flexibility index (Phi) is 31.0. The number of rotatable bonds is 31. The molecule has 0 aliphatic carbocycles. The Hall–Kier alpha value is -1.96. The maximum absolute atomic E-state index is 12.2. The average Bonchev–Trinajstić information content (AvgIpc) is 3.02. The van der Waals surface area contributed by atoms with E-state index in [0.29, 0.717) is 19.3 Å². The third-order valence-electron chi connectivity index (χ3n) is 7.64. The van der Waals surface area contributed by atoms with E-state index in [-0.39, 0.29) is 25.4 Å². The normalized spacial score (nSPS) is 14.0. The Labute approximate surface area is 269 Å². The highest BCUT2D eigenvalue weighted by Gasteiger charge is 2.18. The van der Waals surface area contributed by atoms with Crippen LogP contribution in [0.1, 0.15) is 155 Å². The van der Waals surface area contributed by atoms with Crippen LogP contribution in [-0.2, 0) is 19.1 Å². The molecule has 0 aromatic carbocycles. The van der Waals surface area contributed by atoms with E-state index in [2.05, 4.69) is 38.2 Å². The van der Waals surface area contributed by atoms with Crippen molar-refractivity contribution >= 4 is 11.9 Å². The summed E-state index contributed by atoms with van der Waals surface area (Å²) in [6.07, 6.45) is 30.9. The SMILES string of the molecule is CCCCC/C=C\C/C=C\C/C=C\CC(O)C(O)CCCC(=O)O[C@@H](CO)COC(=O)CCCCCCCCCCCCC. The van der Waals surface area contributed by atoms with Crippen LogP contribution in [0.3, 0.4) is 0 Å². The maximum Gasteiger partial charge on any atom is 0.306 e. The zero-order valence-electron chi connectivity index (χ0n) is 28.1. The number of allylic oxidation sites excluding steroid dienone is 5. The molecule has 3 N–H and O–H groups in total. The van der Waals surface area contributed by atoms with Gasteiger partial charge in [-0.05, 0) is 51.4 Å². The molecular weight excluding hydrogens is 556 g/mol. The minimum absolute atomic E-state index is 0.0423. The van der Waals surface area contributed by atoms with Gasteiger partial charge in [0.1, 0.15) is 6.61 Å². The summed E-state index contributed by atoms with van der Waals surface area (Å²) < 4.78 is 10.4. The van der Waals surface area contributed by atoms with Crippen molar-refractivity contribution in [3.05, 3.63) is 36.5 Å². The van der Waals surface area contributed by atoms with E-state index >= 15 is 0 Å². The van der Waals surface area contributed by atoms with Crippen LogP contribution in [0.4, 0.5) is 0 Å². The van der Waals surface area contributed by atoms with Gasteiger partial charge in [-0.3, -0.25) is 9.59 Å². The van der Waals surface area contributed by atoms with Gasteiger partial charge in [0.05, 0.1) is 18.8 Å². The van der Waals surface area contributed by atoms with Gasteiger partial charge in [-0.25, -0.2) is 0 Å². The Bertz CT molecular complexity index is 746. The average molecular weight is 623 g/mol. The van der Waals surface area contributed by atoms with Gasteiger partial charge in [-0.2, -0.15) is 0 Å². The molecule has 2 unspecified atom stereocenters. The van der Waals surface area contributed by atoms with E-state index < -0.39 is 30.9 Å². The van der Waals surface area contributed by atoms with Crippen molar-refractivity contribution in [3.63, 3.8) is 0 Å². The second-order valence-electron chi connectivity index (χ2n) is 11.9. The molecule has 7 nitrogen and oxygen atoms in total. The third-order valence-corrected chi connectivity index (χ3v) is 7.64. The lowest BCUT2D eigenvalue weighted by molar-refractivity contribution is -0.161. The monoisotopic (exact) mass is 622 g/mol. The van der Waals surface area contributed by atoms with Crippen molar-refractivity contribution in [3.8, 4) is 0 Å². The molecule has 7 heteroatoms. The fourth-order valence-corrected chi connectivity index (χ4v) is 4.77. The number of esters is 2. The second-order valence-corrected chi connectivity index (χ2v) is 11.9. The van der Waals surface area contributed by atoms with Crippen molar-refractivity contribution in [1.82, 2.24) is 0 Å². The van der Waals surface area contributed by atoms with E-state index in [4.69, 9.17) is 9.47 Å². The fraction of sp³-hybridized carbons (Fsp3) is 0.784. The molecule has 256 valence electrons. The van der Waals surface area contributed by atoms with Gasteiger partial charge in [0.25, 0.3) is 0 Å². The maximum atomic E-state index is 12.2. The lowest BCUT2D eigenvalue weighted by Crippen LogP contribution is -2.29. The summed E-state index contributed by atoms with van der Waals surface area (Å²) in [4.78, 5) is 24.2. The molecule has 0 rings (SSSR count). The summed E-state index contributed by atoms with van der Waals surface area (Å²) in [5.41, 5.74) is 0. The molecule has 0 aromatic heterocycles. The van der Waals surface area contributed by atoms with Gasteiger partial charge in [-0.1, -0.05) is 127 Å². The molecular formula is C37H66O7. The molecule has 3 atom stereocenters. The van der Waals surface area contributed by atoms with E-state index in [1.165, 1.54) is 70.6 Å². The third kappa shape index (κ3) is 28.8. The minimum atomic E-state index is -0.939. The number of hydrogen-bond acceptors (Lipinski definition) is 7. The first kappa shape index (κ1) is 42.0. The molecule has 0 aromatic rings. The second kappa shape index (κ2) is 32.4. The summed E-state index contributed by atoms with van der Waals surface area (Å²) >= 11 is 0. The largest absolute Gasteiger partial charge is 0.462 e. The molecule has 0 bridgehead atoms. The zero-order valence-corrected chi connectivity index (χ0v) is 28.1. The topological polar surface area (TPSA) is 113 Å². The molecule has 0 fully saturated rings. The van der Waals surface area contributed by atoms with Crippen LogP contribution in [0.25, 0.3) is 0 Å². The lowest BCUT2D eigenvalue weighted by atomic mass is 10.0. The Morgan fingerprint density at radius 3 is 1.75 bits per heavy atom. The van der Waals surface area contributed by atoms with Crippen molar-refractivity contribution < 1.29 is 34.4 Å².